The summed E-state index contributed by atoms with van der Waals surface area (Å²) in [5.74, 6) is 0. The summed E-state index contributed by atoms with van der Waals surface area (Å²) in [5, 5.41) is 3.23. The summed E-state index contributed by atoms with van der Waals surface area (Å²) < 4.78 is 12.4. The van der Waals surface area contributed by atoms with Crippen LogP contribution in [-0.2, 0) is 0 Å². The number of hydrogen-bond donors (Lipinski definition) is 1. The molecule has 0 amide bonds. The summed E-state index contributed by atoms with van der Waals surface area (Å²) >= 11 is 0. The number of alkyl halides is 1. The first-order valence-electron chi connectivity index (χ1n) is 4.17. The Morgan fingerprint density at radius 3 is 2.73 bits per heavy atom. The molecule has 0 unspecified atom stereocenters. The molecule has 0 aromatic carbocycles. The Labute approximate surface area is 67.8 Å². The molecule has 3 heteroatoms. The monoisotopic (exact) mass is 160 g/mol. The van der Waals surface area contributed by atoms with Gasteiger partial charge in [-0.05, 0) is 20.9 Å². The summed E-state index contributed by atoms with van der Waals surface area (Å²) in [4.78, 5) is 2.20. The van der Waals surface area contributed by atoms with Crippen molar-refractivity contribution in [1.82, 2.24) is 10.2 Å². The summed E-state index contributed by atoms with van der Waals surface area (Å²) in [6, 6.07) is 0.747. The van der Waals surface area contributed by atoms with E-state index in [1.165, 1.54) is 0 Å². The zero-order chi connectivity index (χ0) is 8.43. The zero-order valence-corrected chi connectivity index (χ0v) is 7.47. The van der Waals surface area contributed by atoms with Gasteiger partial charge in [-0.2, -0.15) is 0 Å². The lowest BCUT2D eigenvalue weighted by atomic mass is 10.0. The third-order valence-corrected chi connectivity index (χ3v) is 2.50. The highest BCUT2D eigenvalue weighted by Crippen LogP contribution is 2.10. The maximum atomic E-state index is 12.4. The van der Waals surface area contributed by atoms with E-state index in [4.69, 9.17) is 0 Å². The van der Waals surface area contributed by atoms with E-state index in [1.54, 1.807) is 0 Å². The van der Waals surface area contributed by atoms with Crippen LogP contribution in [0.1, 0.15) is 13.8 Å². The molecule has 0 bridgehead atoms. The standard InChI is InChI=1S/C8H17FN2/c1-6-5-11(3)7(2)8(4-9)10-6/h6-8,10H,4-5H2,1-3H3/t6-,7-,8+/m0/s1. The molecule has 0 spiro atoms. The number of hydrogen-bond acceptors (Lipinski definition) is 2. The molecule has 3 atom stereocenters. The molecular weight excluding hydrogens is 143 g/mol. The van der Waals surface area contributed by atoms with Crippen LogP contribution in [0.3, 0.4) is 0 Å². The number of piperazine rings is 1. The molecule has 1 rings (SSSR count). The van der Waals surface area contributed by atoms with Crippen molar-refractivity contribution in [2.45, 2.75) is 32.0 Å². The molecule has 0 aromatic heterocycles. The van der Waals surface area contributed by atoms with E-state index in [0.717, 1.165) is 6.54 Å². The van der Waals surface area contributed by atoms with Gasteiger partial charge in [0.1, 0.15) is 6.67 Å². The second-order valence-corrected chi connectivity index (χ2v) is 3.51. The van der Waals surface area contributed by atoms with E-state index >= 15 is 0 Å². The number of halogens is 1. The van der Waals surface area contributed by atoms with Crippen LogP contribution in [0, 0.1) is 0 Å². The predicted molar refractivity (Wildman–Crippen MR) is 44.5 cm³/mol. The fourth-order valence-corrected chi connectivity index (χ4v) is 1.64. The molecule has 0 saturated carbocycles. The van der Waals surface area contributed by atoms with Gasteiger partial charge < -0.3 is 10.2 Å². The summed E-state index contributed by atoms with van der Waals surface area (Å²) in [6.45, 7) is 4.89. The summed E-state index contributed by atoms with van der Waals surface area (Å²) in [7, 11) is 2.05. The van der Waals surface area contributed by atoms with Crippen LogP contribution < -0.4 is 5.32 Å². The first kappa shape index (κ1) is 8.94. The Morgan fingerprint density at radius 1 is 1.55 bits per heavy atom. The van der Waals surface area contributed by atoms with Crippen LogP contribution in [0.5, 0.6) is 0 Å². The maximum Gasteiger partial charge on any atom is 0.106 e. The molecular formula is C8H17FN2. The van der Waals surface area contributed by atoms with Gasteiger partial charge in [0, 0.05) is 18.6 Å². The van der Waals surface area contributed by atoms with Crippen LogP contribution in [-0.4, -0.2) is 43.3 Å². The Bertz CT molecular complexity index is 129. The lowest BCUT2D eigenvalue weighted by Crippen LogP contribution is -2.59. The van der Waals surface area contributed by atoms with E-state index in [9.17, 15) is 4.39 Å². The first-order chi connectivity index (χ1) is 5.15. The second-order valence-electron chi connectivity index (χ2n) is 3.51. The molecule has 1 heterocycles. The van der Waals surface area contributed by atoms with Crippen molar-refractivity contribution in [1.29, 1.82) is 0 Å². The number of rotatable bonds is 1. The average molecular weight is 160 g/mol. The van der Waals surface area contributed by atoms with E-state index in [0.29, 0.717) is 12.1 Å². The normalized spacial score (nSPS) is 40.9. The largest absolute Gasteiger partial charge is 0.306 e. The molecule has 0 radical (unpaired) electrons. The van der Waals surface area contributed by atoms with Crippen molar-refractivity contribution in [3.63, 3.8) is 0 Å². The van der Waals surface area contributed by atoms with Crippen LogP contribution in [0.2, 0.25) is 0 Å². The molecule has 1 saturated heterocycles. The van der Waals surface area contributed by atoms with Crippen LogP contribution >= 0.6 is 0 Å². The minimum absolute atomic E-state index is 0.0174. The molecule has 1 aliphatic rings. The number of likely N-dealkylation sites (N-methyl/N-ethyl adjacent to an activating group) is 1. The highest BCUT2D eigenvalue weighted by molar-refractivity contribution is 4.88. The van der Waals surface area contributed by atoms with Gasteiger partial charge in [0.05, 0.1) is 6.04 Å². The fourth-order valence-electron chi connectivity index (χ4n) is 1.64. The van der Waals surface area contributed by atoms with Gasteiger partial charge in [0.2, 0.25) is 0 Å². The Balaban J connectivity index is 2.51. The average Bonchev–Trinajstić information content (AvgIpc) is 1.96. The quantitative estimate of drug-likeness (QED) is 0.605. The van der Waals surface area contributed by atoms with Gasteiger partial charge in [0.15, 0.2) is 0 Å². The Hall–Kier alpha value is -0.150. The van der Waals surface area contributed by atoms with E-state index < -0.39 is 0 Å². The lowest BCUT2D eigenvalue weighted by molar-refractivity contribution is 0.118. The van der Waals surface area contributed by atoms with Crippen molar-refractivity contribution in [3.8, 4) is 0 Å². The van der Waals surface area contributed by atoms with Crippen LogP contribution in [0.25, 0.3) is 0 Å². The van der Waals surface area contributed by atoms with Crippen molar-refractivity contribution < 1.29 is 4.39 Å². The number of nitrogens with one attached hydrogen (secondary N) is 1. The minimum Gasteiger partial charge on any atom is -0.306 e. The topological polar surface area (TPSA) is 15.3 Å². The summed E-state index contributed by atoms with van der Waals surface area (Å²) in [5.41, 5.74) is 0. The van der Waals surface area contributed by atoms with Gasteiger partial charge in [-0.25, -0.2) is 4.39 Å². The summed E-state index contributed by atoms with van der Waals surface area (Å²) in [6.07, 6.45) is 0. The smallest absolute Gasteiger partial charge is 0.106 e. The fraction of sp³-hybridized carbons (Fsp3) is 1.00. The van der Waals surface area contributed by atoms with Crippen molar-refractivity contribution in [2.75, 3.05) is 20.3 Å². The highest BCUT2D eigenvalue weighted by Gasteiger charge is 2.28. The highest BCUT2D eigenvalue weighted by atomic mass is 19.1. The molecule has 1 N–H and O–H groups in total. The molecule has 66 valence electrons. The SMILES string of the molecule is C[C@H]1CN(C)[C@@H](C)[C@@H](CF)N1. The van der Waals surface area contributed by atoms with E-state index in [1.807, 2.05) is 7.05 Å². The lowest BCUT2D eigenvalue weighted by Gasteiger charge is -2.40. The first-order valence-corrected chi connectivity index (χ1v) is 4.17. The molecule has 2 nitrogen and oxygen atoms in total. The second kappa shape index (κ2) is 3.50. The molecule has 11 heavy (non-hydrogen) atoms. The maximum absolute atomic E-state index is 12.4. The Kier molecular flexibility index (Phi) is 2.84. The third-order valence-electron chi connectivity index (χ3n) is 2.50. The molecule has 0 aromatic rings. The van der Waals surface area contributed by atoms with Crippen molar-refractivity contribution in [3.05, 3.63) is 0 Å². The molecule has 0 aliphatic carbocycles. The van der Waals surface area contributed by atoms with Crippen LogP contribution in [0.15, 0.2) is 0 Å². The van der Waals surface area contributed by atoms with Gasteiger partial charge in [-0.15, -0.1) is 0 Å². The van der Waals surface area contributed by atoms with Gasteiger partial charge in [-0.1, -0.05) is 0 Å². The van der Waals surface area contributed by atoms with Crippen LogP contribution in [0.4, 0.5) is 4.39 Å². The minimum atomic E-state index is -0.268. The van der Waals surface area contributed by atoms with E-state index in [-0.39, 0.29) is 12.7 Å². The van der Waals surface area contributed by atoms with Gasteiger partial charge >= 0.3 is 0 Å². The van der Waals surface area contributed by atoms with E-state index in [2.05, 4.69) is 24.1 Å². The molecule has 1 fully saturated rings. The van der Waals surface area contributed by atoms with Gasteiger partial charge in [-0.3, -0.25) is 0 Å². The zero-order valence-electron chi connectivity index (χ0n) is 7.47. The third kappa shape index (κ3) is 1.91. The van der Waals surface area contributed by atoms with Crippen molar-refractivity contribution >= 4 is 0 Å². The van der Waals surface area contributed by atoms with Crippen molar-refractivity contribution in [2.24, 2.45) is 0 Å². The Morgan fingerprint density at radius 2 is 2.18 bits per heavy atom. The van der Waals surface area contributed by atoms with Gasteiger partial charge in [0.25, 0.3) is 0 Å². The molecule has 1 aliphatic heterocycles. The number of nitrogens with zero attached hydrogens (tertiary/aromatic N) is 1. The predicted octanol–water partition coefficient (Wildman–Crippen LogP) is 0.636.